The third kappa shape index (κ3) is 5.09. The topological polar surface area (TPSA) is 3.24 Å². The molecule has 0 atom stereocenters. The van der Waals surface area contributed by atoms with E-state index in [1.165, 1.54) is 22.4 Å². The lowest BCUT2D eigenvalue weighted by atomic mass is 10.1. The van der Waals surface area contributed by atoms with Crippen LogP contribution in [-0.4, -0.2) is 13.1 Å². The lowest BCUT2D eigenvalue weighted by Gasteiger charge is -2.25. The van der Waals surface area contributed by atoms with Crippen LogP contribution in [0.2, 0.25) is 0 Å². The first-order valence-electron chi connectivity index (χ1n) is 8.90. The number of hydrogen-bond donors (Lipinski definition) is 0. The Morgan fingerprint density at radius 3 is 1.72 bits per heavy atom. The number of rotatable bonds is 8. The van der Waals surface area contributed by atoms with Gasteiger partial charge in [-0.05, 0) is 41.7 Å². The highest BCUT2D eigenvalue weighted by Gasteiger charge is 2.07. The van der Waals surface area contributed by atoms with Gasteiger partial charge in [-0.15, -0.1) is 0 Å². The van der Waals surface area contributed by atoms with Crippen molar-refractivity contribution >= 4 is 11.8 Å². The largest absolute Gasteiger partial charge is 0.371 e. The zero-order valence-electron chi connectivity index (χ0n) is 14.6. The van der Waals surface area contributed by atoms with Gasteiger partial charge in [-0.3, -0.25) is 0 Å². The molecule has 1 nitrogen and oxygen atoms in total. The molecular formula is C24H25N. The van der Waals surface area contributed by atoms with E-state index in [4.69, 9.17) is 0 Å². The normalized spacial score (nSPS) is 10.4. The maximum atomic E-state index is 3.82. The molecule has 0 spiro atoms. The zero-order chi connectivity index (χ0) is 17.3. The Labute approximate surface area is 151 Å². The number of benzene rings is 3. The Morgan fingerprint density at radius 2 is 1.16 bits per heavy atom. The molecule has 3 aromatic rings. The Hall–Kier alpha value is -2.80. The Balaban J connectivity index is 1.66. The van der Waals surface area contributed by atoms with Gasteiger partial charge in [-0.25, -0.2) is 0 Å². The van der Waals surface area contributed by atoms with Crippen LogP contribution in [0.5, 0.6) is 0 Å². The third-order valence-corrected chi connectivity index (χ3v) is 4.52. The van der Waals surface area contributed by atoms with Gasteiger partial charge in [0.05, 0.1) is 0 Å². The predicted molar refractivity (Wildman–Crippen MR) is 109 cm³/mol. The average Bonchev–Trinajstić information content (AvgIpc) is 2.70. The van der Waals surface area contributed by atoms with Crippen molar-refractivity contribution in [1.29, 1.82) is 0 Å². The van der Waals surface area contributed by atoms with Crippen LogP contribution in [0, 0.1) is 0 Å². The molecule has 0 aliphatic heterocycles. The van der Waals surface area contributed by atoms with Gasteiger partial charge in [0, 0.05) is 18.8 Å². The van der Waals surface area contributed by atoms with Crippen LogP contribution in [-0.2, 0) is 12.8 Å². The van der Waals surface area contributed by atoms with E-state index in [1.807, 2.05) is 6.08 Å². The molecular weight excluding hydrogens is 302 g/mol. The van der Waals surface area contributed by atoms with Crippen molar-refractivity contribution in [3.05, 3.63) is 108 Å². The van der Waals surface area contributed by atoms with E-state index in [-0.39, 0.29) is 0 Å². The molecule has 0 radical (unpaired) electrons. The SMILES string of the molecule is C=Cc1ccc(CCN(CCc2ccccc2)c2ccccc2)cc1. The molecule has 0 heterocycles. The van der Waals surface area contributed by atoms with Crippen molar-refractivity contribution in [2.45, 2.75) is 12.8 Å². The molecule has 0 aromatic heterocycles. The van der Waals surface area contributed by atoms with E-state index >= 15 is 0 Å². The number of nitrogens with zero attached hydrogens (tertiary/aromatic N) is 1. The monoisotopic (exact) mass is 327 g/mol. The molecule has 0 N–H and O–H groups in total. The second-order valence-corrected chi connectivity index (χ2v) is 6.25. The molecule has 0 aliphatic rings. The van der Waals surface area contributed by atoms with Gasteiger partial charge in [0.15, 0.2) is 0 Å². The smallest absolute Gasteiger partial charge is 0.0366 e. The van der Waals surface area contributed by atoms with Gasteiger partial charge in [-0.1, -0.05) is 85.5 Å². The number of para-hydroxylation sites is 1. The maximum Gasteiger partial charge on any atom is 0.0366 e. The van der Waals surface area contributed by atoms with E-state index in [1.54, 1.807) is 0 Å². The molecule has 1 heteroatoms. The lowest BCUT2D eigenvalue weighted by molar-refractivity contribution is 0.769. The molecule has 0 unspecified atom stereocenters. The first-order chi connectivity index (χ1) is 12.3. The summed E-state index contributed by atoms with van der Waals surface area (Å²) >= 11 is 0. The summed E-state index contributed by atoms with van der Waals surface area (Å²) in [6.07, 6.45) is 3.99. The Morgan fingerprint density at radius 1 is 0.640 bits per heavy atom. The summed E-state index contributed by atoms with van der Waals surface area (Å²) < 4.78 is 0. The molecule has 3 aromatic carbocycles. The van der Waals surface area contributed by atoms with Crippen LogP contribution in [0.25, 0.3) is 6.08 Å². The molecule has 0 saturated heterocycles. The predicted octanol–water partition coefficient (Wildman–Crippen LogP) is 5.62. The summed E-state index contributed by atoms with van der Waals surface area (Å²) in [5.41, 5.74) is 5.22. The number of hydrogen-bond acceptors (Lipinski definition) is 1. The molecule has 3 rings (SSSR count). The van der Waals surface area contributed by atoms with Gasteiger partial charge in [-0.2, -0.15) is 0 Å². The summed E-state index contributed by atoms with van der Waals surface area (Å²) in [6, 6.07) is 30.1. The van der Waals surface area contributed by atoms with Gasteiger partial charge in [0.25, 0.3) is 0 Å². The van der Waals surface area contributed by atoms with Crippen LogP contribution in [0.3, 0.4) is 0 Å². The Bertz CT molecular complexity index is 760. The average molecular weight is 327 g/mol. The molecule has 0 aliphatic carbocycles. The minimum atomic E-state index is 1.02. The second-order valence-electron chi connectivity index (χ2n) is 6.25. The Kier molecular flexibility index (Phi) is 6.06. The fourth-order valence-electron chi connectivity index (χ4n) is 3.00. The molecule has 126 valence electrons. The van der Waals surface area contributed by atoms with Gasteiger partial charge < -0.3 is 4.90 Å². The molecule has 25 heavy (non-hydrogen) atoms. The highest BCUT2D eigenvalue weighted by molar-refractivity contribution is 5.48. The summed E-state index contributed by atoms with van der Waals surface area (Å²) in [4.78, 5) is 2.48. The van der Waals surface area contributed by atoms with Crippen molar-refractivity contribution in [1.82, 2.24) is 0 Å². The van der Waals surface area contributed by atoms with E-state index in [0.717, 1.165) is 25.9 Å². The molecule has 0 fully saturated rings. The summed E-state index contributed by atoms with van der Waals surface area (Å²) in [5.74, 6) is 0. The van der Waals surface area contributed by atoms with Crippen molar-refractivity contribution < 1.29 is 0 Å². The van der Waals surface area contributed by atoms with Crippen LogP contribution in [0.1, 0.15) is 16.7 Å². The van der Waals surface area contributed by atoms with E-state index in [2.05, 4.69) is 96.4 Å². The molecule has 0 saturated carbocycles. The van der Waals surface area contributed by atoms with Crippen molar-refractivity contribution in [2.75, 3.05) is 18.0 Å². The summed E-state index contributed by atoms with van der Waals surface area (Å²) in [5, 5.41) is 0. The first kappa shape index (κ1) is 17.0. The molecule has 0 bridgehead atoms. The maximum absolute atomic E-state index is 3.82. The van der Waals surface area contributed by atoms with Crippen molar-refractivity contribution in [3.8, 4) is 0 Å². The molecule has 0 amide bonds. The quantitative estimate of drug-likeness (QED) is 0.519. The van der Waals surface area contributed by atoms with Gasteiger partial charge >= 0.3 is 0 Å². The van der Waals surface area contributed by atoms with E-state index in [0.29, 0.717) is 0 Å². The summed E-state index contributed by atoms with van der Waals surface area (Å²) in [6.45, 7) is 5.86. The zero-order valence-corrected chi connectivity index (χ0v) is 14.6. The highest BCUT2D eigenvalue weighted by atomic mass is 15.1. The lowest BCUT2D eigenvalue weighted by Crippen LogP contribution is -2.28. The van der Waals surface area contributed by atoms with Crippen LogP contribution >= 0.6 is 0 Å². The van der Waals surface area contributed by atoms with Crippen LogP contribution in [0.15, 0.2) is 91.5 Å². The minimum absolute atomic E-state index is 1.02. The summed E-state index contributed by atoms with van der Waals surface area (Å²) in [7, 11) is 0. The second kappa shape index (κ2) is 8.89. The van der Waals surface area contributed by atoms with Gasteiger partial charge in [0.1, 0.15) is 0 Å². The fourth-order valence-corrected chi connectivity index (χ4v) is 3.00. The van der Waals surface area contributed by atoms with E-state index < -0.39 is 0 Å². The standard InChI is InChI=1S/C24H25N/c1-2-21-13-15-23(16-14-21)18-20-25(24-11-7-4-8-12-24)19-17-22-9-5-3-6-10-22/h2-16H,1,17-20H2. The van der Waals surface area contributed by atoms with Crippen molar-refractivity contribution in [3.63, 3.8) is 0 Å². The highest BCUT2D eigenvalue weighted by Crippen LogP contribution is 2.16. The third-order valence-electron chi connectivity index (χ3n) is 4.52. The number of anilines is 1. The van der Waals surface area contributed by atoms with Gasteiger partial charge in [0.2, 0.25) is 0 Å². The van der Waals surface area contributed by atoms with Crippen molar-refractivity contribution in [2.24, 2.45) is 0 Å². The van der Waals surface area contributed by atoms with E-state index in [9.17, 15) is 0 Å². The van der Waals surface area contributed by atoms with Crippen LogP contribution in [0.4, 0.5) is 5.69 Å². The minimum Gasteiger partial charge on any atom is -0.371 e. The van der Waals surface area contributed by atoms with Crippen LogP contribution < -0.4 is 4.90 Å². The first-order valence-corrected chi connectivity index (χ1v) is 8.90. The fraction of sp³-hybridized carbons (Fsp3) is 0.167.